The van der Waals surface area contributed by atoms with E-state index >= 15 is 0 Å². The zero-order chi connectivity index (χ0) is 14.5. The molecular weight excluding hydrogens is 240 g/mol. The molecule has 1 unspecified atom stereocenters. The third-order valence-electron chi connectivity index (χ3n) is 4.05. The number of hydrogen-bond acceptors (Lipinski definition) is 3. The second kappa shape index (κ2) is 7.28. The number of carbonyl (C=O) groups excluding carboxylic acids is 1. The molecule has 1 aliphatic rings. The molecule has 3 atom stereocenters. The van der Waals surface area contributed by atoms with E-state index in [2.05, 4.69) is 0 Å². The molecule has 0 aromatic rings. The van der Waals surface area contributed by atoms with Gasteiger partial charge in [-0.25, -0.2) is 0 Å². The number of rotatable bonds is 1. The number of carbonyl (C=O) groups is 1. The van der Waals surface area contributed by atoms with Crippen molar-refractivity contribution in [3.05, 3.63) is 0 Å². The molecule has 0 aliphatic heterocycles. The highest BCUT2D eigenvalue weighted by atomic mass is 16.5. The minimum Gasteiger partial charge on any atom is -0.462 e. The largest absolute Gasteiger partial charge is 0.462 e. The van der Waals surface area contributed by atoms with Crippen LogP contribution in [-0.4, -0.2) is 23.3 Å². The summed E-state index contributed by atoms with van der Waals surface area (Å²) >= 11 is 0. The molecular formula is C16H30O3. The van der Waals surface area contributed by atoms with Crippen molar-refractivity contribution in [3.63, 3.8) is 0 Å². The summed E-state index contributed by atoms with van der Waals surface area (Å²) in [5.41, 5.74) is -0.472. The van der Waals surface area contributed by atoms with E-state index in [1.807, 2.05) is 27.7 Å². The van der Waals surface area contributed by atoms with Crippen molar-refractivity contribution in [1.82, 2.24) is 0 Å². The van der Waals surface area contributed by atoms with Crippen molar-refractivity contribution in [2.75, 3.05) is 0 Å². The van der Waals surface area contributed by atoms with E-state index in [-0.39, 0.29) is 24.1 Å². The van der Waals surface area contributed by atoms with Crippen molar-refractivity contribution >= 4 is 5.97 Å². The maximum atomic E-state index is 12.0. The first kappa shape index (κ1) is 16.5. The van der Waals surface area contributed by atoms with Gasteiger partial charge < -0.3 is 9.84 Å². The Kier molecular flexibility index (Phi) is 6.31. The van der Waals surface area contributed by atoms with Crippen LogP contribution in [0.15, 0.2) is 0 Å². The Morgan fingerprint density at radius 2 is 1.58 bits per heavy atom. The van der Waals surface area contributed by atoms with Crippen LogP contribution in [0.3, 0.4) is 0 Å². The van der Waals surface area contributed by atoms with Crippen molar-refractivity contribution in [2.24, 2.45) is 11.3 Å². The second-order valence-electron chi connectivity index (χ2n) is 6.97. The van der Waals surface area contributed by atoms with Gasteiger partial charge in [0.1, 0.15) is 6.10 Å². The lowest BCUT2D eigenvalue weighted by atomic mass is 9.88. The Bertz CT molecular complexity index is 280. The van der Waals surface area contributed by atoms with Crippen LogP contribution in [0.2, 0.25) is 0 Å². The monoisotopic (exact) mass is 270 g/mol. The normalized spacial score (nSPS) is 30.7. The van der Waals surface area contributed by atoms with E-state index in [0.717, 1.165) is 25.7 Å². The Hall–Kier alpha value is -0.570. The van der Waals surface area contributed by atoms with E-state index in [4.69, 9.17) is 4.74 Å². The molecule has 0 saturated heterocycles. The molecule has 0 heterocycles. The maximum Gasteiger partial charge on any atom is 0.311 e. The Morgan fingerprint density at radius 3 is 2.16 bits per heavy atom. The summed E-state index contributed by atoms with van der Waals surface area (Å²) in [6.07, 6.45) is 7.00. The molecule has 1 N–H and O–H groups in total. The minimum absolute atomic E-state index is 0.0319. The van der Waals surface area contributed by atoms with Crippen molar-refractivity contribution < 1.29 is 14.6 Å². The van der Waals surface area contributed by atoms with Gasteiger partial charge >= 0.3 is 5.97 Å². The first-order valence-corrected chi connectivity index (χ1v) is 7.71. The van der Waals surface area contributed by atoms with Gasteiger partial charge in [0.25, 0.3) is 0 Å². The van der Waals surface area contributed by atoms with Crippen LogP contribution in [-0.2, 0) is 9.53 Å². The molecule has 0 amide bonds. The average molecular weight is 270 g/mol. The van der Waals surface area contributed by atoms with E-state index < -0.39 is 5.41 Å². The van der Waals surface area contributed by atoms with E-state index in [9.17, 15) is 9.90 Å². The molecule has 3 heteroatoms. The van der Waals surface area contributed by atoms with Crippen LogP contribution >= 0.6 is 0 Å². The zero-order valence-corrected chi connectivity index (χ0v) is 12.9. The van der Waals surface area contributed by atoms with Crippen LogP contribution in [0.1, 0.15) is 72.6 Å². The fraction of sp³-hybridized carbons (Fsp3) is 0.938. The third kappa shape index (κ3) is 5.52. The van der Waals surface area contributed by atoms with Crippen LogP contribution in [0.25, 0.3) is 0 Å². The molecule has 3 nitrogen and oxygen atoms in total. The molecule has 0 aromatic carbocycles. The van der Waals surface area contributed by atoms with E-state index in [0.29, 0.717) is 0 Å². The average Bonchev–Trinajstić information content (AvgIpc) is 2.33. The lowest BCUT2D eigenvalue weighted by molar-refractivity contribution is -0.164. The lowest BCUT2D eigenvalue weighted by Gasteiger charge is -2.31. The van der Waals surface area contributed by atoms with Crippen LogP contribution in [0.4, 0.5) is 0 Å². The van der Waals surface area contributed by atoms with Gasteiger partial charge in [0.15, 0.2) is 0 Å². The molecule has 0 spiro atoms. The highest BCUT2D eigenvalue weighted by Crippen LogP contribution is 2.27. The predicted molar refractivity (Wildman–Crippen MR) is 76.8 cm³/mol. The van der Waals surface area contributed by atoms with Gasteiger partial charge in [-0.15, -0.1) is 0 Å². The van der Waals surface area contributed by atoms with Gasteiger partial charge in [-0.05, 0) is 40.0 Å². The zero-order valence-electron chi connectivity index (χ0n) is 12.9. The molecule has 0 aromatic heterocycles. The van der Waals surface area contributed by atoms with Gasteiger partial charge in [0.05, 0.1) is 11.5 Å². The summed E-state index contributed by atoms with van der Waals surface area (Å²) < 4.78 is 5.67. The summed E-state index contributed by atoms with van der Waals surface area (Å²) in [5.74, 6) is -0.127. The summed E-state index contributed by atoms with van der Waals surface area (Å²) in [4.78, 5) is 12.0. The standard InChI is InChI=1S/C16H30O3/c1-12-13(17)10-8-6-5-7-9-11-14(12)19-15(18)16(2,3)4/h12-14,17H,5-11H2,1-4H3/t12-,13-,14?/m1/s1. The topological polar surface area (TPSA) is 46.5 Å². The quantitative estimate of drug-likeness (QED) is 0.739. The van der Waals surface area contributed by atoms with Crippen LogP contribution in [0.5, 0.6) is 0 Å². The molecule has 0 radical (unpaired) electrons. The Labute approximate surface area is 117 Å². The highest BCUT2D eigenvalue weighted by Gasteiger charge is 2.31. The number of hydrogen-bond donors (Lipinski definition) is 1. The summed E-state index contributed by atoms with van der Waals surface area (Å²) in [6, 6.07) is 0. The SMILES string of the molecule is C[C@H]1C(OC(=O)C(C)(C)C)CCCCCCC[C@H]1O. The number of aliphatic hydroxyl groups is 1. The smallest absolute Gasteiger partial charge is 0.311 e. The fourth-order valence-electron chi connectivity index (χ4n) is 2.48. The van der Waals surface area contributed by atoms with Crippen LogP contribution < -0.4 is 0 Å². The first-order chi connectivity index (χ1) is 8.82. The Balaban J connectivity index is 2.66. The molecule has 1 aliphatic carbocycles. The van der Waals surface area contributed by atoms with Crippen LogP contribution in [0, 0.1) is 11.3 Å². The molecule has 0 bridgehead atoms. The predicted octanol–water partition coefficient (Wildman–Crippen LogP) is 3.69. The maximum absolute atomic E-state index is 12.0. The molecule has 19 heavy (non-hydrogen) atoms. The van der Waals surface area contributed by atoms with Crippen molar-refractivity contribution in [2.45, 2.75) is 84.8 Å². The molecule has 1 saturated carbocycles. The first-order valence-electron chi connectivity index (χ1n) is 7.71. The van der Waals surface area contributed by atoms with E-state index in [1.165, 1.54) is 19.3 Å². The highest BCUT2D eigenvalue weighted by molar-refractivity contribution is 5.75. The fourth-order valence-corrected chi connectivity index (χ4v) is 2.48. The van der Waals surface area contributed by atoms with Gasteiger partial charge in [-0.1, -0.05) is 32.6 Å². The summed E-state index contributed by atoms with van der Waals surface area (Å²) in [5, 5.41) is 10.2. The molecule has 112 valence electrons. The number of aliphatic hydroxyl groups excluding tert-OH is 1. The summed E-state index contributed by atoms with van der Waals surface area (Å²) in [7, 11) is 0. The lowest BCUT2D eigenvalue weighted by Crippen LogP contribution is -2.37. The second-order valence-corrected chi connectivity index (χ2v) is 6.97. The van der Waals surface area contributed by atoms with Crippen molar-refractivity contribution in [3.8, 4) is 0 Å². The minimum atomic E-state index is -0.472. The number of ether oxygens (including phenoxy) is 1. The molecule has 1 rings (SSSR count). The van der Waals surface area contributed by atoms with Gasteiger partial charge in [-0.3, -0.25) is 4.79 Å². The van der Waals surface area contributed by atoms with E-state index in [1.54, 1.807) is 0 Å². The van der Waals surface area contributed by atoms with Crippen molar-refractivity contribution in [1.29, 1.82) is 0 Å². The van der Waals surface area contributed by atoms with Gasteiger partial charge in [0, 0.05) is 5.92 Å². The molecule has 1 fully saturated rings. The summed E-state index contributed by atoms with van der Waals surface area (Å²) in [6.45, 7) is 7.62. The van der Waals surface area contributed by atoms with Gasteiger partial charge in [0.2, 0.25) is 0 Å². The Morgan fingerprint density at radius 1 is 1.05 bits per heavy atom. The third-order valence-corrected chi connectivity index (χ3v) is 4.05. The van der Waals surface area contributed by atoms with Gasteiger partial charge in [-0.2, -0.15) is 0 Å². The number of esters is 1.